The fourth-order valence-electron chi connectivity index (χ4n) is 1.83. The van der Waals surface area contributed by atoms with Gasteiger partial charge in [-0.3, -0.25) is 9.59 Å². The van der Waals surface area contributed by atoms with Gasteiger partial charge in [0.25, 0.3) is 0 Å². The van der Waals surface area contributed by atoms with Gasteiger partial charge in [-0.1, -0.05) is 0 Å². The Kier molecular flexibility index (Phi) is 4.39. The fourth-order valence-corrected chi connectivity index (χ4v) is 1.97. The van der Waals surface area contributed by atoms with Gasteiger partial charge in [-0.25, -0.2) is 0 Å². The van der Waals surface area contributed by atoms with E-state index in [0.717, 1.165) is 19.4 Å². The van der Waals surface area contributed by atoms with Crippen molar-refractivity contribution in [2.45, 2.75) is 38.1 Å². The lowest BCUT2D eigenvalue weighted by Crippen LogP contribution is -2.50. The zero-order chi connectivity index (χ0) is 11.4. The van der Waals surface area contributed by atoms with Gasteiger partial charge in [-0.15, -0.1) is 11.6 Å². The van der Waals surface area contributed by atoms with Gasteiger partial charge in [0.15, 0.2) is 0 Å². The first-order chi connectivity index (χ1) is 7.00. The molecule has 0 aliphatic carbocycles. The second-order valence-electron chi connectivity index (χ2n) is 3.94. The smallest absolute Gasteiger partial charge is 0.240 e. The minimum Gasteiger partial charge on any atom is -0.352 e. The number of hydrogen-bond acceptors (Lipinski definition) is 2. The van der Waals surface area contributed by atoms with E-state index in [1.54, 1.807) is 11.8 Å². The average Bonchev–Trinajstić information content (AvgIpc) is 2.16. The lowest BCUT2D eigenvalue weighted by atomic mass is 10.1. The quantitative estimate of drug-likeness (QED) is 0.714. The SMILES string of the molecule is CC(=O)NC1CCCN(C(=O)C(C)Cl)C1. The molecule has 2 atom stereocenters. The number of nitrogens with one attached hydrogen (secondary N) is 1. The molecule has 86 valence electrons. The molecule has 0 aromatic heterocycles. The molecule has 0 aromatic carbocycles. The average molecular weight is 233 g/mol. The zero-order valence-corrected chi connectivity index (χ0v) is 9.88. The number of halogens is 1. The van der Waals surface area contributed by atoms with E-state index >= 15 is 0 Å². The summed E-state index contributed by atoms with van der Waals surface area (Å²) in [4.78, 5) is 24.2. The minimum absolute atomic E-state index is 0.0479. The molecule has 0 spiro atoms. The summed E-state index contributed by atoms with van der Waals surface area (Å²) in [5, 5.41) is 2.34. The number of hydrogen-bond donors (Lipinski definition) is 1. The highest BCUT2D eigenvalue weighted by Crippen LogP contribution is 2.12. The van der Waals surface area contributed by atoms with Gasteiger partial charge in [0.2, 0.25) is 11.8 Å². The van der Waals surface area contributed by atoms with Crippen LogP contribution in [0.4, 0.5) is 0 Å². The summed E-state index contributed by atoms with van der Waals surface area (Å²) in [5.41, 5.74) is 0. The number of amides is 2. The van der Waals surface area contributed by atoms with Gasteiger partial charge in [0, 0.05) is 26.1 Å². The van der Waals surface area contributed by atoms with E-state index in [1.807, 2.05) is 0 Å². The van der Waals surface area contributed by atoms with Gasteiger partial charge in [-0.05, 0) is 19.8 Å². The van der Waals surface area contributed by atoms with Crippen LogP contribution in [-0.2, 0) is 9.59 Å². The summed E-state index contributed by atoms with van der Waals surface area (Å²) >= 11 is 5.74. The number of rotatable bonds is 2. The maximum Gasteiger partial charge on any atom is 0.240 e. The molecule has 1 N–H and O–H groups in total. The second kappa shape index (κ2) is 5.35. The van der Waals surface area contributed by atoms with E-state index in [9.17, 15) is 9.59 Å². The van der Waals surface area contributed by atoms with Crippen molar-refractivity contribution in [2.24, 2.45) is 0 Å². The van der Waals surface area contributed by atoms with Crippen LogP contribution in [-0.4, -0.2) is 41.2 Å². The summed E-state index contributed by atoms with van der Waals surface area (Å²) in [7, 11) is 0. The topological polar surface area (TPSA) is 49.4 Å². The van der Waals surface area contributed by atoms with Crippen LogP contribution in [0.2, 0.25) is 0 Å². The van der Waals surface area contributed by atoms with Crippen LogP contribution in [0.5, 0.6) is 0 Å². The molecule has 1 heterocycles. The van der Waals surface area contributed by atoms with E-state index in [2.05, 4.69) is 5.32 Å². The first kappa shape index (κ1) is 12.3. The van der Waals surface area contributed by atoms with Crippen LogP contribution in [0.1, 0.15) is 26.7 Å². The van der Waals surface area contributed by atoms with Crippen molar-refractivity contribution < 1.29 is 9.59 Å². The number of likely N-dealkylation sites (tertiary alicyclic amines) is 1. The predicted molar refractivity (Wildman–Crippen MR) is 58.7 cm³/mol. The maximum absolute atomic E-state index is 11.6. The molecule has 2 amide bonds. The van der Waals surface area contributed by atoms with Crippen LogP contribution in [0, 0.1) is 0 Å². The number of piperidine rings is 1. The molecule has 1 fully saturated rings. The van der Waals surface area contributed by atoms with Crippen molar-refractivity contribution in [3.05, 3.63) is 0 Å². The summed E-state index contributed by atoms with van der Waals surface area (Å²) in [5.74, 6) is -0.0973. The van der Waals surface area contributed by atoms with Gasteiger partial charge in [0.05, 0.1) is 0 Å². The van der Waals surface area contributed by atoms with E-state index in [0.29, 0.717) is 6.54 Å². The summed E-state index contributed by atoms with van der Waals surface area (Å²) in [6.45, 7) is 4.48. The molecule has 4 nitrogen and oxygen atoms in total. The molecular weight excluding hydrogens is 216 g/mol. The zero-order valence-electron chi connectivity index (χ0n) is 9.12. The third-order valence-electron chi connectivity index (χ3n) is 2.48. The van der Waals surface area contributed by atoms with Gasteiger partial charge < -0.3 is 10.2 Å². The molecule has 2 unspecified atom stereocenters. The largest absolute Gasteiger partial charge is 0.352 e. The molecule has 1 saturated heterocycles. The van der Waals surface area contributed by atoms with E-state index in [-0.39, 0.29) is 17.9 Å². The van der Waals surface area contributed by atoms with Crippen molar-refractivity contribution in [3.63, 3.8) is 0 Å². The Morgan fingerprint density at radius 3 is 2.73 bits per heavy atom. The molecule has 1 aliphatic rings. The molecule has 15 heavy (non-hydrogen) atoms. The Balaban J connectivity index is 2.48. The third kappa shape index (κ3) is 3.70. The van der Waals surface area contributed by atoms with Crippen molar-refractivity contribution in [2.75, 3.05) is 13.1 Å². The Labute approximate surface area is 95.0 Å². The third-order valence-corrected chi connectivity index (χ3v) is 2.67. The number of nitrogens with zero attached hydrogens (tertiary/aromatic N) is 1. The highest BCUT2D eigenvalue weighted by molar-refractivity contribution is 6.30. The van der Waals surface area contributed by atoms with Crippen LogP contribution < -0.4 is 5.32 Å². The first-order valence-electron chi connectivity index (χ1n) is 5.20. The van der Waals surface area contributed by atoms with Gasteiger partial charge >= 0.3 is 0 Å². The Morgan fingerprint density at radius 1 is 1.53 bits per heavy atom. The van der Waals surface area contributed by atoms with Gasteiger partial charge in [-0.2, -0.15) is 0 Å². The molecule has 0 radical (unpaired) electrons. The van der Waals surface area contributed by atoms with Crippen molar-refractivity contribution in [1.82, 2.24) is 10.2 Å². The van der Waals surface area contributed by atoms with Crippen LogP contribution >= 0.6 is 11.6 Å². The molecule has 0 saturated carbocycles. The molecule has 5 heteroatoms. The fraction of sp³-hybridized carbons (Fsp3) is 0.800. The maximum atomic E-state index is 11.6. The Morgan fingerprint density at radius 2 is 2.20 bits per heavy atom. The number of carbonyl (C=O) groups is 2. The molecule has 1 rings (SSSR count). The summed E-state index contributed by atoms with van der Waals surface area (Å²) < 4.78 is 0. The predicted octanol–water partition coefficient (Wildman–Crippen LogP) is 0.741. The molecular formula is C10H17ClN2O2. The van der Waals surface area contributed by atoms with Crippen LogP contribution in [0.3, 0.4) is 0 Å². The van der Waals surface area contributed by atoms with Crippen molar-refractivity contribution in [3.8, 4) is 0 Å². The van der Waals surface area contributed by atoms with E-state index < -0.39 is 5.38 Å². The molecule has 1 aliphatic heterocycles. The standard InChI is InChI=1S/C10H17ClN2O2/c1-7(11)10(15)13-5-3-4-9(6-13)12-8(2)14/h7,9H,3-6H2,1-2H3,(H,12,14). The lowest BCUT2D eigenvalue weighted by molar-refractivity contribution is -0.132. The number of alkyl halides is 1. The minimum atomic E-state index is -0.485. The first-order valence-corrected chi connectivity index (χ1v) is 5.64. The van der Waals surface area contributed by atoms with E-state index in [4.69, 9.17) is 11.6 Å². The summed E-state index contributed by atoms with van der Waals surface area (Å²) in [6.07, 6.45) is 1.85. The summed E-state index contributed by atoms with van der Waals surface area (Å²) in [6, 6.07) is 0.0793. The van der Waals surface area contributed by atoms with Crippen molar-refractivity contribution in [1.29, 1.82) is 0 Å². The van der Waals surface area contributed by atoms with Crippen LogP contribution in [0.25, 0.3) is 0 Å². The van der Waals surface area contributed by atoms with Gasteiger partial charge in [0.1, 0.15) is 5.38 Å². The normalized spacial score (nSPS) is 23.4. The van der Waals surface area contributed by atoms with Crippen molar-refractivity contribution >= 4 is 23.4 Å². The monoisotopic (exact) mass is 232 g/mol. The molecule has 0 bridgehead atoms. The highest BCUT2D eigenvalue weighted by Gasteiger charge is 2.25. The Hall–Kier alpha value is -0.770. The lowest BCUT2D eigenvalue weighted by Gasteiger charge is -2.33. The second-order valence-corrected chi connectivity index (χ2v) is 4.59. The van der Waals surface area contributed by atoms with Crippen LogP contribution in [0.15, 0.2) is 0 Å². The highest BCUT2D eigenvalue weighted by atomic mass is 35.5. The Bertz CT molecular complexity index is 256. The molecule has 0 aromatic rings. The van der Waals surface area contributed by atoms with E-state index in [1.165, 1.54) is 6.92 Å². The number of carbonyl (C=O) groups excluding carboxylic acids is 2.